The molecule has 0 aromatic rings. The van der Waals surface area contributed by atoms with Crippen molar-refractivity contribution in [2.24, 2.45) is 0 Å². The van der Waals surface area contributed by atoms with Gasteiger partial charge in [0.1, 0.15) is 0 Å². The predicted octanol–water partition coefficient (Wildman–Crippen LogP) is 0.00230. The van der Waals surface area contributed by atoms with E-state index in [9.17, 15) is 4.79 Å². The molecule has 1 N–H and O–H groups in total. The second-order valence-corrected chi connectivity index (χ2v) is 4.71. The third kappa shape index (κ3) is 3.66. The molecular weight excluding hydrogens is 220 g/mol. The number of rotatable bonds is 4. The number of nitrogens with zero attached hydrogens (tertiary/aromatic N) is 1. The number of carbonyl (C=O) groups excluding carboxylic acids is 1. The van der Waals surface area contributed by atoms with E-state index in [1.54, 1.807) is 0 Å². The van der Waals surface area contributed by atoms with Crippen LogP contribution in [0.5, 0.6) is 0 Å². The van der Waals surface area contributed by atoms with E-state index in [-0.39, 0.29) is 18.1 Å². The minimum absolute atomic E-state index is 0.165. The Bertz CT molecular complexity index is 248. The molecule has 2 aliphatic heterocycles. The SMILES string of the molecule is CC(NCC(=O)N1CCOCC1)C1CCCO1. The lowest BCUT2D eigenvalue weighted by molar-refractivity contribution is -0.134. The van der Waals surface area contributed by atoms with Crippen LogP contribution in [0.15, 0.2) is 0 Å². The Morgan fingerprint density at radius 1 is 1.41 bits per heavy atom. The molecule has 0 aromatic heterocycles. The first-order chi connectivity index (χ1) is 8.27. The fraction of sp³-hybridized carbons (Fsp3) is 0.917. The molecule has 1 amide bonds. The van der Waals surface area contributed by atoms with E-state index in [1.165, 1.54) is 0 Å². The summed E-state index contributed by atoms with van der Waals surface area (Å²) in [6.45, 7) is 6.10. The molecule has 2 saturated heterocycles. The number of carbonyl (C=O) groups is 1. The minimum atomic E-state index is 0.165. The molecule has 0 aliphatic carbocycles. The highest BCUT2D eigenvalue weighted by Crippen LogP contribution is 2.15. The summed E-state index contributed by atoms with van der Waals surface area (Å²) in [7, 11) is 0. The van der Waals surface area contributed by atoms with Crippen LogP contribution >= 0.6 is 0 Å². The number of hydrogen-bond donors (Lipinski definition) is 1. The van der Waals surface area contributed by atoms with E-state index in [2.05, 4.69) is 12.2 Å². The molecule has 0 radical (unpaired) electrons. The molecule has 2 atom stereocenters. The van der Waals surface area contributed by atoms with Crippen LogP contribution in [0, 0.1) is 0 Å². The zero-order valence-corrected chi connectivity index (χ0v) is 10.5. The van der Waals surface area contributed by atoms with Crippen molar-refractivity contribution in [3.05, 3.63) is 0 Å². The van der Waals surface area contributed by atoms with Crippen molar-refractivity contribution in [2.75, 3.05) is 39.5 Å². The van der Waals surface area contributed by atoms with Gasteiger partial charge in [0.15, 0.2) is 0 Å². The van der Waals surface area contributed by atoms with Crippen LogP contribution in [0.25, 0.3) is 0 Å². The first kappa shape index (κ1) is 12.8. The van der Waals surface area contributed by atoms with Crippen LogP contribution in [0.4, 0.5) is 0 Å². The van der Waals surface area contributed by atoms with Gasteiger partial charge in [-0.15, -0.1) is 0 Å². The van der Waals surface area contributed by atoms with Gasteiger partial charge < -0.3 is 19.7 Å². The average molecular weight is 242 g/mol. The normalized spacial score (nSPS) is 27.1. The minimum Gasteiger partial charge on any atom is -0.378 e. The number of amides is 1. The van der Waals surface area contributed by atoms with Crippen molar-refractivity contribution in [1.29, 1.82) is 0 Å². The molecule has 2 fully saturated rings. The van der Waals surface area contributed by atoms with Gasteiger partial charge in [0.05, 0.1) is 25.9 Å². The van der Waals surface area contributed by atoms with Crippen molar-refractivity contribution in [3.63, 3.8) is 0 Å². The molecule has 98 valence electrons. The Labute approximate surface area is 102 Å². The van der Waals surface area contributed by atoms with Gasteiger partial charge in [0.2, 0.25) is 5.91 Å². The largest absolute Gasteiger partial charge is 0.378 e. The van der Waals surface area contributed by atoms with Gasteiger partial charge in [-0.3, -0.25) is 4.79 Å². The van der Waals surface area contributed by atoms with Crippen LogP contribution in [0.2, 0.25) is 0 Å². The Hall–Kier alpha value is -0.650. The highest BCUT2D eigenvalue weighted by atomic mass is 16.5. The number of ether oxygens (including phenoxy) is 2. The van der Waals surface area contributed by atoms with Crippen molar-refractivity contribution in [3.8, 4) is 0 Å². The summed E-state index contributed by atoms with van der Waals surface area (Å²) < 4.78 is 10.8. The van der Waals surface area contributed by atoms with Crippen molar-refractivity contribution >= 4 is 5.91 Å². The molecule has 0 saturated carbocycles. The summed E-state index contributed by atoms with van der Waals surface area (Å²) in [5, 5.41) is 3.26. The zero-order valence-electron chi connectivity index (χ0n) is 10.5. The number of morpholine rings is 1. The third-order valence-electron chi connectivity index (χ3n) is 3.46. The molecule has 0 aromatic carbocycles. The second kappa shape index (κ2) is 6.33. The molecule has 2 unspecified atom stereocenters. The molecular formula is C12H22N2O3. The van der Waals surface area contributed by atoms with Crippen molar-refractivity contribution in [2.45, 2.75) is 31.9 Å². The van der Waals surface area contributed by atoms with Crippen molar-refractivity contribution < 1.29 is 14.3 Å². The van der Waals surface area contributed by atoms with E-state index < -0.39 is 0 Å². The Kier molecular flexibility index (Phi) is 4.76. The lowest BCUT2D eigenvalue weighted by Gasteiger charge is -2.28. The van der Waals surface area contributed by atoms with Gasteiger partial charge in [-0.2, -0.15) is 0 Å². The molecule has 17 heavy (non-hydrogen) atoms. The van der Waals surface area contributed by atoms with Crippen LogP contribution < -0.4 is 5.32 Å². The predicted molar refractivity (Wildman–Crippen MR) is 63.8 cm³/mol. The molecule has 5 heteroatoms. The highest BCUT2D eigenvalue weighted by molar-refractivity contribution is 5.78. The van der Waals surface area contributed by atoms with E-state index in [0.29, 0.717) is 19.8 Å². The lowest BCUT2D eigenvalue weighted by Crippen LogP contribution is -2.47. The van der Waals surface area contributed by atoms with Crippen molar-refractivity contribution in [1.82, 2.24) is 10.2 Å². The van der Waals surface area contributed by atoms with Gasteiger partial charge in [0.25, 0.3) is 0 Å². The maximum atomic E-state index is 11.9. The standard InChI is InChI=1S/C12H22N2O3/c1-10(11-3-2-6-17-11)13-9-12(15)14-4-7-16-8-5-14/h10-11,13H,2-9H2,1H3. The van der Waals surface area contributed by atoms with Gasteiger partial charge >= 0.3 is 0 Å². The molecule has 0 spiro atoms. The first-order valence-electron chi connectivity index (χ1n) is 6.48. The topological polar surface area (TPSA) is 50.8 Å². The fourth-order valence-corrected chi connectivity index (χ4v) is 2.30. The van der Waals surface area contributed by atoms with Crippen LogP contribution in [0.3, 0.4) is 0 Å². The maximum absolute atomic E-state index is 11.9. The van der Waals surface area contributed by atoms with Crippen LogP contribution in [-0.4, -0.2) is 62.4 Å². The van der Waals surface area contributed by atoms with Gasteiger partial charge in [0, 0.05) is 25.7 Å². The highest BCUT2D eigenvalue weighted by Gasteiger charge is 2.23. The lowest BCUT2D eigenvalue weighted by atomic mass is 10.1. The van der Waals surface area contributed by atoms with Crippen LogP contribution in [0.1, 0.15) is 19.8 Å². The monoisotopic (exact) mass is 242 g/mol. The Morgan fingerprint density at radius 3 is 2.82 bits per heavy atom. The Morgan fingerprint density at radius 2 is 2.18 bits per heavy atom. The van der Waals surface area contributed by atoms with E-state index in [1.807, 2.05) is 4.90 Å². The van der Waals surface area contributed by atoms with E-state index in [4.69, 9.17) is 9.47 Å². The van der Waals surface area contributed by atoms with E-state index in [0.717, 1.165) is 32.5 Å². The summed E-state index contributed by atoms with van der Waals surface area (Å²) in [5.41, 5.74) is 0. The zero-order chi connectivity index (χ0) is 12.1. The quantitative estimate of drug-likeness (QED) is 0.754. The third-order valence-corrected chi connectivity index (χ3v) is 3.46. The molecule has 2 rings (SSSR count). The molecule has 2 aliphatic rings. The summed E-state index contributed by atoms with van der Waals surface area (Å²) in [4.78, 5) is 13.7. The summed E-state index contributed by atoms with van der Waals surface area (Å²) in [6.07, 6.45) is 2.50. The number of hydrogen-bond acceptors (Lipinski definition) is 4. The fourth-order valence-electron chi connectivity index (χ4n) is 2.30. The summed E-state index contributed by atoms with van der Waals surface area (Å²) in [6, 6.07) is 0.252. The smallest absolute Gasteiger partial charge is 0.236 e. The van der Waals surface area contributed by atoms with Crippen LogP contribution in [-0.2, 0) is 14.3 Å². The van der Waals surface area contributed by atoms with Gasteiger partial charge in [-0.05, 0) is 19.8 Å². The van der Waals surface area contributed by atoms with Gasteiger partial charge in [-0.25, -0.2) is 0 Å². The average Bonchev–Trinajstić information content (AvgIpc) is 2.90. The molecule has 0 bridgehead atoms. The first-order valence-corrected chi connectivity index (χ1v) is 6.48. The summed E-state index contributed by atoms with van der Waals surface area (Å²) in [5.74, 6) is 0.165. The maximum Gasteiger partial charge on any atom is 0.236 e. The Balaban J connectivity index is 1.67. The van der Waals surface area contributed by atoms with Gasteiger partial charge in [-0.1, -0.05) is 0 Å². The summed E-state index contributed by atoms with van der Waals surface area (Å²) >= 11 is 0. The molecule has 5 nitrogen and oxygen atoms in total. The molecule has 2 heterocycles. The van der Waals surface area contributed by atoms with E-state index >= 15 is 0 Å². The number of nitrogens with one attached hydrogen (secondary N) is 1. The second-order valence-electron chi connectivity index (χ2n) is 4.71.